The lowest BCUT2D eigenvalue weighted by Gasteiger charge is -2.04. The minimum Gasteiger partial charge on any atom is -0.468 e. The molecule has 0 spiro atoms. The fraction of sp³-hybridized carbons (Fsp3) is 0.357. The monoisotopic (exact) mass is 229 g/mol. The topological polar surface area (TPSA) is 42.2 Å². The first-order chi connectivity index (χ1) is 8.28. The van der Waals surface area contributed by atoms with Gasteiger partial charge in [-0.25, -0.2) is 0 Å². The van der Waals surface area contributed by atoms with Gasteiger partial charge in [0, 0.05) is 29.7 Å². The van der Waals surface area contributed by atoms with E-state index < -0.39 is 0 Å². The first-order valence-electron chi connectivity index (χ1n) is 6.04. The Kier molecular flexibility index (Phi) is 2.39. The summed E-state index contributed by atoms with van der Waals surface area (Å²) >= 11 is 0. The maximum absolute atomic E-state index is 11.2. The van der Waals surface area contributed by atoms with Crippen molar-refractivity contribution in [3.8, 4) is 0 Å². The predicted molar refractivity (Wildman–Crippen MR) is 66.0 cm³/mol. The van der Waals surface area contributed by atoms with Gasteiger partial charge in [-0.15, -0.1) is 0 Å². The standard InChI is InChI=1S/C14H15NO2/c1-2-9-3-4-12-11(5-9)8-17-14(12)10-6-13(16)15-7-10/h3-5,8,10H,2,6-7H2,1H3,(H,15,16). The lowest BCUT2D eigenvalue weighted by Crippen LogP contribution is -2.13. The van der Waals surface area contributed by atoms with Crippen LogP contribution in [0.2, 0.25) is 0 Å². The minimum absolute atomic E-state index is 0.115. The summed E-state index contributed by atoms with van der Waals surface area (Å²) in [4.78, 5) is 11.2. The summed E-state index contributed by atoms with van der Waals surface area (Å²) in [6.45, 7) is 2.83. The van der Waals surface area contributed by atoms with Gasteiger partial charge in [-0.1, -0.05) is 19.1 Å². The third-order valence-electron chi connectivity index (χ3n) is 3.45. The Bertz CT molecular complexity index is 571. The number of fused-ring (bicyclic) bond motifs is 1. The average Bonchev–Trinajstić information content (AvgIpc) is 2.93. The Labute approximate surface area is 99.8 Å². The number of amides is 1. The van der Waals surface area contributed by atoms with Crippen LogP contribution in [0, 0.1) is 0 Å². The summed E-state index contributed by atoms with van der Waals surface area (Å²) in [6, 6.07) is 6.40. The van der Waals surface area contributed by atoms with Crippen molar-refractivity contribution < 1.29 is 9.21 Å². The highest BCUT2D eigenvalue weighted by atomic mass is 16.3. The molecule has 2 heterocycles. The molecule has 3 heteroatoms. The van der Waals surface area contributed by atoms with Gasteiger partial charge in [0.15, 0.2) is 0 Å². The summed E-state index contributed by atoms with van der Waals surface area (Å²) in [7, 11) is 0. The number of furan rings is 1. The van der Waals surface area contributed by atoms with Crippen molar-refractivity contribution in [3.05, 3.63) is 35.8 Å². The van der Waals surface area contributed by atoms with Crippen molar-refractivity contribution in [2.45, 2.75) is 25.7 Å². The molecule has 2 aromatic rings. The second kappa shape index (κ2) is 3.91. The van der Waals surface area contributed by atoms with Crippen LogP contribution in [0.5, 0.6) is 0 Å². The van der Waals surface area contributed by atoms with E-state index in [1.54, 1.807) is 6.26 Å². The zero-order chi connectivity index (χ0) is 11.8. The largest absolute Gasteiger partial charge is 0.468 e. The van der Waals surface area contributed by atoms with E-state index in [4.69, 9.17) is 4.42 Å². The molecular weight excluding hydrogens is 214 g/mol. The van der Waals surface area contributed by atoms with E-state index in [-0.39, 0.29) is 11.8 Å². The molecule has 17 heavy (non-hydrogen) atoms. The predicted octanol–water partition coefficient (Wildman–Crippen LogP) is 2.60. The maximum Gasteiger partial charge on any atom is 0.220 e. The summed E-state index contributed by atoms with van der Waals surface area (Å²) in [5.41, 5.74) is 1.31. The first-order valence-corrected chi connectivity index (χ1v) is 6.04. The molecule has 0 bridgehead atoms. The Morgan fingerprint density at radius 1 is 1.47 bits per heavy atom. The Morgan fingerprint density at radius 3 is 3.06 bits per heavy atom. The quantitative estimate of drug-likeness (QED) is 0.860. The molecule has 1 saturated heterocycles. The highest BCUT2D eigenvalue weighted by Gasteiger charge is 2.27. The molecule has 1 aromatic carbocycles. The summed E-state index contributed by atoms with van der Waals surface area (Å²) in [6.07, 6.45) is 3.37. The number of carbonyl (C=O) groups is 1. The molecule has 0 radical (unpaired) electrons. The van der Waals surface area contributed by atoms with Crippen LogP contribution < -0.4 is 5.32 Å². The fourth-order valence-corrected chi connectivity index (χ4v) is 2.45. The van der Waals surface area contributed by atoms with Gasteiger partial charge in [0.05, 0.1) is 6.26 Å². The van der Waals surface area contributed by atoms with E-state index in [1.165, 1.54) is 5.56 Å². The lowest BCUT2D eigenvalue weighted by molar-refractivity contribution is -0.119. The molecule has 0 saturated carbocycles. The van der Waals surface area contributed by atoms with Gasteiger partial charge < -0.3 is 9.73 Å². The summed E-state index contributed by atoms with van der Waals surface area (Å²) < 4.78 is 5.65. The SMILES string of the molecule is CCc1ccc2c(C3CNC(=O)C3)occ2c1. The second-order valence-corrected chi connectivity index (χ2v) is 4.58. The minimum atomic E-state index is 0.115. The number of hydrogen-bond donors (Lipinski definition) is 1. The van der Waals surface area contributed by atoms with Gasteiger partial charge in [-0.05, 0) is 18.1 Å². The number of aryl methyl sites for hydroxylation is 1. The summed E-state index contributed by atoms with van der Waals surface area (Å²) in [5, 5.41) is 5.13. The normalized spacial score (nSPS) is 19.8. The fourth-order valence-electron chi connectivity index (χ4n) is 2.45. The zero-order valence-corrected chi connectivity index (χ0v) is 9.82. The average molecular weight is 229 g/mol. The van der Waals surface area contributed by atoms with Gasteiger partial charge in [0.25, 0.3) is 0 Å². The Balaban J connectivity index is 2.03. The van der Waals surface area contributed by atoms with Gasteiger partial charge >= 0.3 is 0 Å². The Hall–Kier alpha value is -1.77. The Morgan fingerprint density at radius 2 is 2.35 bits per heavy atom. The van der Waals surface area contributed by atoms with E-state index in [9.17, 15) is 4.79 Å². The van der Waals surface area contributed by atoms with Gasteiger partial charge in [-0.3, -0.25) is 4.79 Å². The van der Waals surface area contributed by atoms with Crippen molar-refractivity contribution in [2.24, 2.45) is 0 Å². The van der Waals surface area contributed by atoms with Crippen LogP contribution in [0.3, 0.4) is 0 Å². The third kappa shape index (κ3) is 1.71. The highest BCUT2D eigenvalue weighted by Crippen LogP contribution is 2.32. The first kappa shape index (κ1) is 10.4. The van der Waals surface area contributed by atoms with E-state index in [2.05, 4.69) is 30.4 Å². The van der Waals surface area contributed by atoms with Gasteiger partial charge in [-0.2, -0.15) is 0 Å². The maximum atomic E-state index is 11.2. The van der Waals surface area contributed by atoms with Crippen molar-refractivity contribution >= 4 is 16.7 Å². The van der Waals surface area contributed by atoms with Crippen LogP contribution in [0.4, 0.5) is 0 Å². The number of nitrogens with one attached hydrogen (secondary N) is 1. The van der Waals surface area contributed by atoms with E-state index >= 15 is 0 Å². The van der Waals surface area contributed by atoms with Crippen LogP contribution in [0.25, 0.3) is 10.8 Å². The molecule has 1 amide bonds. The molecule has 1 fully saturated rings. The second-order valence-electron chi connectivity index (χ2n) is 4.58. The van der Waals surface area contributed by atoms with Crippen LogP contribution in [-0.2, 0) is 11.2 Å². The smallest absolute Gasteiger partial charge is 0.220 e. The number of rotatable bonds is 2. The van der Waals surface area contributed by atoms with Crippen LogP contribution in [0.1, 0.15) is 30.6 Å². The highest BCUT2D eigenvalue weighted by molar-refractivity contribution is 5.87. The molecule has 1 aliphatic rings. The van der Waals surface area contributed by atoms with Crippen LogP contribution in [-0.4, -0.2) is 12.5 Å². The van der Waals surface area contributed by atoms with Crippen LogP contribution >= 0.6 is 0 Å². The van der Waals surface area contributed by atoms with Crippen molar-refractivity contribution in [1.82, 2.24) is 5.32 Å². The third-order valence-corrected chi connectivity index (χ3v) is 3.45. The number of hydrogen-bond acceptors (Lipinski definition) is 2. The number of carbonyl (C=O) groups excluding carboxylic acids is 1. The van der Waals surface area contributed by atoms with Crippen molar-refractivity contribution in [2.75, 3.05) is 6.54 Å². The zero-order valence-electron chi connectivity index (χ0n) is 9.82. The molecule has 1 atom stereocenters. The molecule has 1 aliphatic heterocycles. The molecule has 1 aromatic heterocycles. The molecule has 1 N–H and O–H groups in total. The molecule has 88 valence electrons. The number of benzene rings is 1. The molecule has 0 aliphatic carbocycles. The van der Waals surface area contributed by atoms with Crippen LogP contribution in [0.15, 0.2) is 28.9 Å². The van der Waals surface area contributed by atoms with E-state index in [1.807, 2.05) is 0 Å². The molecule has 3 rings (SSSR count). The molecule has 1 unspecified atom stereocenters. The van der Waals surface area contributed by atoms with Crippen molar-refractivity contribution in [1.29, 1.82) is 0 Å². The summed E-state index contributed by atoms with van der Waals surface area (Å²) in [5.74, 6) is 1.25. The van der Waals surface area contributed by atoms with E-state index in [0.717, 1.165) is 23.0 Å². The van der Waals surface area contributed by atoms with Gasteiger partial charge in [0.1, 0.15) is 5.76 Å². The van der Waals surface area contributed by atoms with E-state index in [0.29, 0.717) is 13.0 Å². The molecule has 3 nitrogen and oxygen atoms in total. The van der Waals surface area contributed by atoms with Crippen molar-refractivity contribution in [3.63, 3.8) is 0 Å². The lowest BCUT2D eigenvalue weighted by atomic mass is 10.0. The van der Waals surface area contributed by atoms with Gasteiger partial charge in [0.2, 0.25) is 5.91 Å². The molecular formula is C14H15NO2.